The molecule has 0 spiro atoms. The third-order valence-corrected chi connectivity index (χ3v) is 4.14. The SMILES string of the molecule is NC1(Cc2nc3cccc(Br)c3o2)CCCC1. The van der Waals surface area contributed by atoms with E-state index in [1.807, 2.05) is 18.2 Å². The van der Waals surface area contributed by atoms with E-state index in [-0.39, 0.29) is 5.54 Å². The maximum atomic E-state index is 6.34. The van der Waals surface area contributed by atoms with Crippen molar-refractivity contribution in [2.45, 2.75) is 37.6 Å². The van der Waals surface area contributed by atoms with Crippen LogP contribution in [0.2, 0.25) is 0 Å². The van der Waals surface area contributed by atoms with Crippen LogP contribution in [0.4, 0.5) is 0 Å². The molecule has 1 aliphatic rings. The van der Waals surface area contributed by atoms with Gasteiger partial charge in [0.25, 0.3) is 0 Å². The number of hydrogen-bond acceptors (Lipinski definition) is 3. The Kier molecular flexibility index (Phi) is 2.71. The first-order valence-electron chi connectivity index (χ1n) is 5.99. The van der Waals surface area contributed by atoms with Crippen molar-refractivity contribution in [1.82, 2.24) is 4.98 Å². The van der Waals surface area contributed by atoms with Gasteiger partial charge in [-0.2, -0.15) is 0 Å². The van der Waals surface area contributed by atoms with Crippen molar-refractivity contribution in [3.8, 4) is 0 Å². The number of aromatic nitrogens is 1. The van der Waals surface area contributed by atoms with Crippen LogP contribution >= 0.6 is 15.9 Å². The first-order valence-corrected chi connectivity index (χ1v) is 6.78. The number of benzene rings is 1. The molecule has 17 heavy (non-hydrogen) atoms. The van der Waals surface area contributed by atoms with Gasteiger partial charge >= 0.3 is 0 Å². The van der Waals surface area contributed by atoms with Gasteiger partial charge in [0.1, 0.15) is 5.52 Å². The number of hydrogen-bond donors (Lipinski definition) is 1. The van der Waals surface area contributed by atoms with Crippen molar-refractivity contribution in [3.05, 3.63) is 28.6 Å². The topological polar surface area (TPSA) is 52.0 Å². The van der Waals surface area contributed by atoms with Crippen LogP contribution in [0.1, 0.15) is 31.6 Å². The quantitative estimate of drug-likeness (QED) is 0.923. The molecular weight excluding hydrogens is 280 g/mol. The second-order valence-electron chi connectivity index (χ2n) is 4.94. The normalized spacial score (nSPS) is 18.9. The summed E-state index contributed by atoms with van der Waals surface area (Å²) in [5, 5.41) is 0. The highest BCUT2D eigenvalue weighted by Crippen LogP contribution is 2.32. The summed E-state index contributed by atoms with van der Waals surface area (Å²) in [6.45, 7) is 0. The fraction of sp³-hybridized carbons (Fsp3) is 0.462. The van der Waals surface area contributed by atoms with Gasteiger partial charge in [-0.1, -0.05) is 18.9 Å². The van der Waals surface area contributed by atoms with Gasteiger partial charge in [-0.25, -0.2) is 4.98 Å². The Hall–Kier alpha value is -0.870. The molecule has 0 amide bonds. The minimum Gasteiger partial charge on any atom is -0.439 e. The van der Waals surface area contributed by atoms with Gasteiger partial charge in [-0.3, -0.25) is 0 Å². The van der Waals surface area contributed by atoms with Crippen LogP contribution in [-0.2, 0) is 6.42 Å². The van der Waals surface area contributed by atoms with Gasteiger partial charge in [0, 0.05) is 12.0 Å². The van der Waals surface area contributed by atoms with E-state index >= 15 is 0 Å². The summed E-state index contributed by atoms with van der Waals surface area (Å²) in [5.41, 5.74) is 7.96. The molecule has 0 saturated heterocycles. The molecule has 0 unspecified atom stereocenters. The van der Waals surface area contributed by atoms with Crippen LogP contribution < -0.4 is 5.73 Å². The minimum absolute atomic E-state index is 0.104. The smallest absolute Gasteiger partial charge is 0.197 e. The molecule has 2 N–H and O–H groups in total. The van der Waals surface area contributed by atoms with E-state index in [0.29, 0.717) is 0 Å². The van der Waals surface area contributed by atoms with E-state index in [1.54, 1.807) is 0 Å². The van der Waals surface area contributed by atoms with Crippen molar-refractivity contribution in [2.24, 2.45) is 5.73 Å². The number of oxazole rings is 1. The molecule has 4 heteroatoms. The predicted octanol–water partition coefficient (Wildman–Crippen LogP) is 3.40. The molecule has 2 aromatic rings. The van der Waals surface area contributed by atoms with Gasteiger partial charge in [0.15, 0.2) is 11.5 Å². The molecule has 0 bridgehead atoms. The molecule has 0 aliphatic heterocycles. The Morgan fingerprint density at radius 3 is 2.82 bits per heavy atom. The van der Waals surface area contributed by atoms with Crippen molar-refractivity contribution >= 4 is 27.0 Å². The number of para-hydroxylation sites is 1. The second-order valence-corrected chi connectivity index (χ2v) is 5.80. The number of nitrogens with zero attached hydrogens (tertiary/aromatic N) is 1. The molecule has 3 nitrogen and oxygen atoms in total. The van der Waals surface area contributed by atoms with Crippen LogP contribution in [0.3, 0.4) is 0 Å². The summed E-state index contributed by atoms with van der Waals surface area (Å²) < 4.78 is 6.74. The zero-order valence-corrected chi connectivity index (χ0v) is 11.2. The maximum absolute atomic E-state index is 6.34. The largest absolute Gasteiger partial charge is 0.439 e. The van der Waals surface area contributed by atoms with Gasteiger partial charge in [0.2, 0.25) is 0 Å². The van der Waals surface area contributed by atoms with E-state index in [2.05, 4.69) is 20.9 Å². The molecule has 3 rings (SSSR count). The Balaban J connectivity index is 1.93. The standard InChI is InChI=1S/C13H15BrN2O/c14-9-4-3-5-10-12(9)17-11(16-10)8-13(15)6-1-2-7-13/h3-5H,1-2,6-8,15H2. The van der Waals surface area contributed by atoms with Crippen LogP contribution in [-0.4, -0.2) is 10.5 Å². The van der Waals surface area contributed by atoms with Crippen molar-refractivity contribution < 1.29 is 4.42 Å². The first-order chi connectivity index (χ1) is 8.16. The molecule has 90 valence electrons. The average molecular weight is 295 g/mol. The summed E-state index contributed by atoms with van der Waals surface area (Å²) in [5.74, 6) is 0.760. The monoisotopic (exact) mass is 294 g/mol. The van der Waals surface area contributed by atoms with Crippen LogP contribution in [0, 0.1) is 0 Å². The van der Waals surface area contributed by atoms with E-state index in [0.717, 1.165) is 40.7 Å². The highest BCUT2D eigenvalue weighted by molar-refractivity contribution is 9.10. The average Bonchev–Trinajstić information content (AvgIpc) is 2.86. The Labute approximate surface area is 109 Å². The van der Waals surface area contributed by atoms with E-state index in [4.69, 9.17) is 10.2 Å². The molecule has 0 radical (unpaired) electrons. The first kappa shape index (κ1) is 11.2. The van der Waals surface area contributed by atoms with Crippen LogP contribution in [0.5, 0.6) is 0 Å². The fourth-order valence-corrected chi connectivity index (χ4v) is 3.03. The van der Waals surface area contributed by atoms with E-state index in [1.165, 1.54) is 12.8 Å². The molecule has 1 aromatic heterocycles. The molecule has 1 saturated carbocycles. The Morgan fingerprint density at radius 1 is 1.35 bits per heavy atom. The Bertz CT molecular complexity index is 543. The molecule has 1 aliphatic carbocycles. The van der Waals surface area contributed by atoms with Gasteiger partial charge in [-0.05, 0) is 40.9 Å². The number of nitrogens with two attached hydrogens (primary N) is 1. The number of halogens is 1. The zero-order valence-electron chi connectivity index (χ0n) is 9.58. The van der Waals surface area contributed by atoms with Gasteiger partial charge in [0.05, 0.1) is 4.47 Å². The predicted molar refractivity (Wildman–Crippen MR) is 70.8 cm³/mol. The lowest BCUT2D eigenvalue weighted by molar-refractivity contribution is 0.385. The molecule has 0 atom stereocenters. The molecule has 1 aromatic carbocycles. The second kappa shape index (κ2) is 4.10. The summed E-state index contributed by atoms with van der Waals surface area (Å²) in [6.07, 6.45) is 5.34. The molecule has 1 fully saturated rings. The lowest BCUT2D eigenvalue weighted by Crippen LogP contribution is -2.38. The third kappa shape index (κ3) is 2.11. The maximum Gasteiger partial charge on any atom is 0.197 e. The Morgan fingerprint density at radius 2 is 2.12 bits per heavy atom. The van der Waals surface area contributed by atoms with Crippen molar-refractivity contribution in [3.63, 3.8) is 0 Å². The fourth-order valence-electron chi connectivity index (χ4n) is 2.59. The summed E-state index contributed by atoms with van der Waals surface area (Å²) in [6, 6.07) is 5.89. The molecule has 1 heterocycles. The third-order valence-electron chi connectivity index (χ3n) is 3.51. The lowest BCUT2D eigenvalue weighted by atomic mass is 9.95. The minimum atomic E-state index is -0.104. The van der Waals surface area contributed by atoms with E-state index < -0.39 is 0 Å². The summed E-state index contributed by atoms with van der Waals surface area (Å²) >= 11 is 3.47. The lowest BCUT2D eigenvalue weighted by Gasteiger charge is -2.20. The highest BCUT2D eigenvalue weighted by atomic mass is 79.9. The van der Waals surface area contributed by atoms with Crippen molar-refractivity contribution in [2.75, 3.05) is 0 Å². The number of fused-ring (bicyclic) bond motifs is 1. The number of rotatable bonds is 2. The summed E-state index contributed by atoms with van der Waals surface area (Å²) in [4.78, 5) is 4.51. The van der Waals surface area contributed by atoms with Crippen LogP contribution in [0.15, 0.2) is 27.1 Å². The van der Waals surface area contributed by atoms with Gasteiger partial charge in [-0.15, -0.1) is 0 Å². The van der Waals surface area contributed by atoms with E-state index in [9.17, 15) is 0 Å². The van der Waals surface area contributed by atoms with Crippen LogP contribution in [0.25, 0.3) is 11.1 Å². The highest BCUT2D eigenvalue weighted by Gasteiger charge is 2.31. The molecular formula is C13H15BrN2O. The van der Waals surface area contributed by atoms with Gasteiger partial charge < -0.3 is 10.2 Å². The zero-order chi connectivity index (χ0) is 11.9. The summed E-state index contributed by atoms with van der Waals surface area (Å²) in [7, 11) is 0. The van der Waals surface area contributed by atoms with Crippen molar-refractivity contribution in [1.29, 1.82) is 0 Å².